The van der Waals surface area contributed by atoms with E-state index in [0.29, 0.717) is 5.25 Å². The average molecular weight is 295 g/mol. The Balaban J connectivity index is 2.62. The van der Waals surface area contributed by atoms with Crippen molar-refractivity contribution >= 4 is 20.1 Å². The first-order valence-corrected chi connectivity index (χ1v) is 10.5. The lowest BCUT2D eigenvalue weighted by molar-refractivity contribution is 0.419. The molecule has 0 bridgehead atoms. The van der Waals surface area contributed by atoms with Crippen LogP contribution in [0.2, 0.25) is 18.1 Å². The van der Waals surface area contributed by atoms with Crippen molar-refractivity contribution in [3.05, 3.63) is 47.6 Å². The maximum Gasteiger partial charge on any atom is 0.251 e. The largest absolute Gasteiger partial charge is 0.539 e. The summed E-state index contributed by atoms with van der Waals surface area (Å²) in [6.07, 6.45) is 0. The van der Waals surface area contributed by atoms with Crippen molar-refractivity contribution in [3.63, 3.8) is 0 Å². The summed E-state index contributed by atoms with van der Waals surface area (Å²) < 4.78 is 6.20. The lowest BCUT2D eigenvalue weighted by atomic mass is 10.2. The molecule has 1 unspecified atom stereocenters. The van der Waals surface area contributed by atoms with Gasteiger partial charge in [-0.2, -0.15) is 0 Å². The molecular formula is C16H26OSSi. The zero-order valence-corrected chi connectivity index (χ0v) is 14.8. The molecule has 0 heterocycles. The Morgan fingerprint density at radius 3 is 2.21 bits per heavy atom. The molecule has 0 amide bonds. The minimum atomic E-state index is -1.76. The molecule has 0 spiro atoms. The SMILES string of the molecule is C=C(O[Si](C)(C)C(C)(C)C)SC(C)c1ccccc1. The van der Waals surface area contributed by atoms with Crippen molar-refractivity contribution in [2.24, 2.45) is 0 Å². The van der Waals surface area contributed by atoms with Gasteiger partial charge in [0.05, 0.1) is 0 Å². The molecule has 0 aromatic heterocycles. The van der Waals surface area contributed by atoms with Gasteiger partial charge in [-0.15, -0.1) is 0 Å². The van der Waals surface area contributed by atoms with Crippen LogP contribution in [0.25, 0.3) is 0 Å². The van der Waals surface area contributed by atoms with Crippen molar-refractivity contribution < 1.29 is 4.43 Å². The van der Waals surface area contributed by atoms with Gasteiger partial charge in [0.2, 0.25) is 0 Å². The Bertz CT molecular complexity index is 420. The molecular weight excluding hydrogens is 268 g/mol. The minimum Gasteiger partial charge on any atom is -0.539 e. The molecule has 0 saturated carbocycles. The van der Waals surface area contributed by atoms with E-state index in [2.05, 4.69) is 71.6 Å². The van der Waals surface area contributed by atoms with Crippen LogP contribution in [0, 0.1) is 0 Å². The molecule has 0 radical (unpaired) electrons. The number of hydrogen-bond donors (Lipinski definition) is 0. The van der Waals surface area contributed by atoms with Gasteiger partial charge >= 0.3 is 0 Å². The second-order valence-electron chi connectivity index (χ2n) is 6.41. The van der Waals surface area contributed by atoms with Gasteiger partial charge in [0.25, 0.3) is 8.32 Å². The van der Waals surface area contributed by atoms with Crippen LogP contribution in [-0.2, 0) is 4.43 Å². The van der Waals surface area contributed by atoms with Crippen LogP contribution >= 0.6 is 11.8 Å². The molecule has 1 aromatic carbocycles. The van der Waals surface area contributed by atoms with Gasteiger partial charge in [-0.05, 0) is 30.6 Å². The highest BCUT2D eigenvalue weighted by Crippen LogP contribution is 2.41. The molecule has 3 heteroatoms. The van der Waals surface area contributed by atoms with Crippen LogP contribution in [0.3, 0.4) is 0 Å². The summed E-state index contributed by atoms with van der Waals surface area (Å²) in [6.45, 7) is 17.5. The Morgan fingerprint density at radius 2 is 1.74 bits per heavy atom. The van der Waals surface area contributed by atoms with E-state index in [9.17, 15) is 0 Å². The van der Waals surface area contributed by atoms with Crippen molar-refractivity contribution in [1.82, 2.24) is 0 Å². The van der Waals surface area contributed by atoms with Gasteiger partial charge in [0, 0.05) is 5.25 Å². The number of thioether (sulfide) groups is 1. The van der Waals surface area contributed by atoms with E-state index in [4.69, 9.17) is 4.43 Å². The van der Waals surface area contributed by atoms with E-state index in [1.165, 1.54) is 5.56 Å². The van der Waals surface area contributed by atoms with Crippen LogP contribution in [0.15, 0.2) is 42.0 Å². The van der Waals surface area contributed by atoms with Gasteiger partial charge in [-0.25, -0.2) is 0 Å². The van der Waals surface area contributed by atoms with Gasteiger partial charge in [-0.1, -0.05) is 69.4 Å². The molecule has 106 valence electrons. The molecule has 1 rings (SSSR count). The quantitative estimate of drug-likeness (QED) is 0.488. The predicted octanol–water partition coefficient (Wildman–Crippen LogP) is 5.97. The fraction of sp³-hybridized carbons (Fsp3) is 0.500. The fourth-order valence-corrected chi connectivity index (χ4v) is 3.83. The normalized spacial score (nSPS) is 14.0. The zero-order valence-electron chi connectivity index (χ0n) is 13.0. The summed E-state index contributed by atoms with van der Waals surface area (Å²) in [5.41, 5.74) is 1.31. The molecule has 0 aliphatic rings. The van der Waals surface area contributed by atoms with Crippen LogP contribution in [0.4, 0.5) is 0 Å². The second-order valence-corrected chi connectivity index (χ2v) is 12.5. The Morgan fingerprint density at radius 1 is 1.21 bits per heavy atom. The summed E-state index contributed by atoms with van der Waals surface area (Å²) in [4.78, 5) is 0. The van der Waals surface area contributed by atoms with Gasteiger partial charge in [0.1, 0.15) is 5.09 Å². The first kappa shape index (κ1) is 16.4. The predicted molar refractivity (Wildman–Crippen MR) is 89.9 cm³/mol. The Labute approximate surface area is 123 Å². The zero-order chi connectivity index (χ0) is 14.7. The van der Waals surface area contributed by atoms with Crippen LogP contribution in [0.5, 0.6) is 0 Å². The molecule has 0 fully saturated rings. The van der Waals surface area contributed by atoms with E-state index in [1.807, 2.05) is 6.07 Å². The highest BCUT2D eigenvalue weighted by molar-refractivity contribution is 8.03. The Hall–Kier alpha value is -0.673. The molecule has 1 atom stereocenters. The summed E-state index contributed by atoms with van der Waals surface area (Å²) in [6, 6.07) is 10.5. The lowest BCUT2D eigenvalue weighted by Gasteiger charge is -2.37. The monoisotopic (exact) mass is 294 g/mol. The summed E-state index contributed by atoms with van der Waals surface area (Å²) in [7, 11) is -1.76. The average Bonchev–Trinajstić information content (AvgIpc) is 2.27. The van der Waals surface area contributed by atoms with Gasteiger partial charge < -0.3 is 4.43 Å². The second kappa shape index (κ2) is 6.19. The minimum absolute atomic E-state index is 0.215. The maximum atomic E-state index is 6.20. The number of hydrogen-bond acceptors (Lipinski definition) is 2. The third kappa shape index (κ3) is 4.73. The Kier molecular flexibility index (Phi) is 5.33. The van der Waals surface area contributed by atoms with E-state index >= 15 is 0 Å². The van der Waals surface area contributed by atoms with Crippen molar-refractivity contribution in [2.45, 2.75) is 51.1 Å². The highest BCUT2D eigenvalue weighted by Gasteiger charge is 2.39. The summed E-state index contributed by atoms with van der Waals surface area (Å²) >= 11 is 1.71. The van der Waals surface area contributed by atoms with Crippen LogP contribution in [0.1, 0.15) is 38.5 Å². The molecule has 0 saturated heterocycles. The fourth-order valence-electron chi connectivity index (χ4n) is 1.45. The lowest BCUT2D eigenvalue weighted by Crippen LogP contribution is -2.40. The van der Waals surface area contributed by atoms with Gasteiger partial charge in [0.15, 0.2) is 0 Å². The van der Waals surface area contributed by atoms with Crippen molar-refractivity contribution in [1.29, 1.82) is 0 Å². The van der Waals surface area contributed by atoms with E-state index in [1.54, 1.807) is 11.8 Å². The molecule has 1 nitrogen and oxygen atoms in total. The highest BCUT2D eigenvalue weighted by atomic mass is 32.2. The number of rotatable bonds is 5. The summed E-state index contributed by atoms with van der Waals surface area (Å²) in [5, 5.41) is 1.44. The number of benzene rings is 1. The molecule has 0 N–H and O–H groups in total. The standard InChI is InChI=1S/C16H26OSSi/c1-13(15-11-9-8-10-12-15)18-14(2)17-19(6,7)16(3,4)5/h8-13H,2H2,1,3-7H3. The third-order valence-corrected chi connectivity index (χ3v) is 9.24. The van der Waals surface area contributed by atoms with Gasteiger partial charge in [-0.3, -0.25) is 0 Å². The van der Waals surface area contributed by atoms with Crippen molar-refractivity contribution in [3.8, 4) is 0 Å². The van der Waals surface area contributed by atoms with Crippen LogP contribution in [-0.4, -0.2) is 8.32 Å². The molecule has 0 aliphatic heterocycles. The van der Waals surface area contributed by atoms with E-state index < -0.39 is 8.32 Å². The third-order valence-electron chi connectivity index (χ3n) is 3.75. The smallest absolute Gasteiger partial charge is 0.251 e. The topological polar surface area (TPSA) is 9.23 Å². The van der Waals surface area contributed by atoms with E-state index in [0.717, 1.165) is 5.09 Å². The van der Waals surface area contributed by atoms with Crippen molar-refractivity contribution in [2.75, 3.05) is 0 Å². The van der Waals surface area contributed by atoms with E-state index in [-0.39, 0.29) is 5.04 Å². The molecule has 0 aliphatic carbocycles. The summed E-state index contributed by atoms with van der Waals surface area (Å²) in [5.74, 6) is 0. The first-order chi connectivity index (χ1) is 8.63. The first-order valence-electron chi connectivity index (χ1n) is 6.73. The molecule has 19 heavy (non-hydrogen) atoms. The maximum absolute atomic E-state index is 6.20. The molecule has 1 aromatic rings. The van der Waals surface area contributed by atoms with Crippen LogP contribution < -0.4 is 0 Å².